The zero-order valence-electron chi connectivity index (χ0n) is 5.68. The Hall–Kier alpha value is -0.0900. The molecule has 0 bridgehead atoms. The van der Waals surface area contributed by atoms with Gasteiger partial charge >= 0.3 is 0 Å². The van der Waals surface area contributed by atoms with Crippen LogP contribution < -0.4 is 4.72 Å². The molecule has 1 aliphatic carbocycles. The Bertz CT molecular complexity index is 197. The van der Waals surface area contributed by atoms with E-state index in [0.29, 0.717) is 12.0 Å². The van der Waals surface area contributed by atoms with Gasteiger partial charge in [-0.3, -0.25) is 0 Å². The molecule has 0 aromatic heterocycles. The molecule has 9 heavy (non-hydrogen) atoms. The van der Waals surface area contributed by atoms with Gasteiger partial charge < -0.3 is 0 Å². The van der Waals surface area contributed by atoms with Gasteiger partial charge in [-0.15, -0.1) is 0 Å². The number of rotatable bonds is 2. The minimum Gasteiger partial charge on any atom is -0.241 e. The highest BCUT2D eigenvalue weighted by molar-refractivity contribution is 7.89. The monoisotopic (exact) mass is 148 g/mol. The summed E-state index contributed by atoms with van der Waals surface area (Å²) in [5.74, 6) is 0.621. The summed E-state index contributed by atoms with van der Waals surface area (Å²) in [7, 11) is -2.44. The molecule has 3 unspecified atom stereocenters. The fourth-order valence-electron chi connectivity index (χ4n) is 0.775. The third-order valence-electron chi connectivity index (χ3n) is 1.49. The molecule has 0 aliphatic heterocycles. The smallest absolute Gasteiger partial charge is 0.102 e. The van der Waals surface area contributed by atoms with Crippen molar-refractivity contribution in [1.82, 2.24) is 4.72 Å². The summed E-state index contributed by atoms with van der Waals surface area (Å²) in [5, 5.41) is 0. The van der Waals surface area contributed by atoms with E-state index in [1.165, 1.54) is 6.26 Å². The second-order valence-electron chi connectivity index (χ2n) is 2.78. The highest BCUT2D eigenvalue weighted by Crippen LogP contribution is 2.29. The summed E-state index contributed by atoms with van der Waals surface area (Å²) in [6.07, 6.45) is 2.49. The van der Waals surface area contributed by atoms with Crippen molar-refractivity contribution in [2.24, 2.45) is 5.92 Å². The average molecular weight is 148 g/mol. The molecule has 3 atom stereocenters. The molecule has 1 rings (SSSR count). The summed E-state index contributed by atoms with van der Waals surface area (Å²) in [6, 6.07) is 0.347. The van der Waals surface area contributed by atoms with Crippen LogP contribution in [0.4, 0.5) is 0 Å². The van der Waals surface area contributed by atoms with Crippen molar-refractivity contribution in [1.29, 1.82) is 4.78 Å². The van der Waals surface area contributed by atoms with E-state index >= 15 is 0 Å². The summed E-state index contributed by atoms with van der Waals surface area (Å²) < 4.78 is 20.5. The molecule has 0 spiro atoms. The Morgan fingerprint density at radius 2 is 2.22 bits per heavy atom. The van der Waals surface area contributed by atoms with E-state index in [4.69, 9.17) is 4.78 Å². The predicted octanol–water partition coefficient (Wildman–Crippen LogP) is 0.576. The molecule has 0 heterocycles. The van der Waals surface area contributed by atoms with E-state index in [1.54, 1.807) is 0 Å². The van der Waals surface area contributed by atoms with E-state index < -0.39 is 9.92 Å². The largest absolute Gasteiger partial charge is 0.241 e. The van der Waals surface area contributed by atoms with E-state index in [2.05, 4.69) is 11.6 Å². The van der Waals surface area contributed by atoms with Crippen LogP contribution >= 0.6 is 0 Å². The first-order valence-corrected chi connectivity index (χ1v) is 4.97. The van der Waals surface area contributed by atoms with Crippen LogP contribution in [-0.2, 0) is 9.92 Å². The maximum absolute atomic E-state index is 10.7. The Labute approximate surface area is 55.9 Å². The lowest BCUT2D eigenvalue weighted by Crippen LogP contribution is -2.23. The van der Waals surface area contributed by atoms with E-state index in [-0.39, 0.29) is 0 Å². The van der Waals surface area contributed by atoms with Crippen molar-refractivity contribution >= 4 is 9.92 Å². The van der Waals surface area contributed by atoms with Gasteiger partial charge in [0.25, 0.3) is 0 Å². The molecule has 0 aromatic carbocycles. The minimum absolute atomic E-state index is 0.347. The van der Waals surface area contributed by atoms with E-state index in [9.17, 15) is 4.21 Å². The van der Waals surface area contributed by atoms with Gasteiger partial charge in [0, 0.05) is 12.3 Å². The van der Waals surface area contributed by atoms with E-state index in [0.717, 1.165) is 6.42 Å². The van der Waals surface area contributed by atoms with Crippen LogP contribution in [0.1, 0.15) is 13.3 Å². The van der Waals surface area contributed by atoms with Crippen LogP contribution in [-0.4, -0.2) is 16.5 Å². The fourth-order valence-corrected chi connectivity index (χ4v) is 1.68. The van der Waals surface area contributed by atoms with Gasteiger partial charge in [-0.25, -0.2) is 13.7 Å². The molecule has 0 amide bonds. The minimum atomic E-state index is -2.44. The van der Waals surface area contributed by atoms with E-state index in [1.807, 2.05) is 0 Å². The van der Waals surface area contributed by atoms with Crippen LogP contribution in [0.5, 0.6) is 0 Å². The molecule has 0 radical (unpaired) electrons. The van der Waals surface area contributed by atoms with Crippen molar-refractivity contribution in [3.63, 3.8) is 0 Å². The highest BCUT2D eigenvalue weighted by Gasteiger charge is 2.33. The molecular formula is C5H12N2OS. The first kappa shape index (κ1) is 7.02. The standard InChI is InChI=1S/C5H12N2OS/c1-4-3-5(4)7-9(2,6)8/h4-5H,3H2,1-2H3,(H2,6,7,8). The molecule has 0 saturated heterocycles. The Morgan fingerprint density at radius 1 is 1.78 bits per heavy atom. The maximum Gasteiger partial charge on any atom is 0.102 e. The van der Waals surface area contributed by atoms with Gasteiger partial charge in [0.2, 0.25) is 0 Å². The second kappa shape index (κ2) is 1.95. The van der Waals surface area contributed by atoms with Crippen LogP contribution in [0.3, 0.4) is 0 Å². The molecule has 1 saturated carbocycles. The summed E-state index contributed by atoms with van der Waals surface area (Å²) in [4.78, 5) is 0. The van der Waals surface area contributed by atoms with Crippen molar-refractivity contribution in [2.75, 3.05) is 6.26 Å². The van der Waals surface area contributed by atoms with Gasteiger partial charge in [-0.1, -0.05) is 6.92 Å². The lowest BCUT2D eigenvalue weighted by Gasteiger charge is -1.99. The lowest BCUT2D eigenvalue weighted by atomic mass is 10.5. The Morgan fingerprint density at radius 3 is 2.33 bits per heavy atom. The Kier molecular flexibility index (Phi) is 1.52. The molecule has 2 N–H and O–H groups in total. The normalized spacial score (nSPS) is 39.8. The molecular weight excluding hydrogens is 136 g/mol. The van der Waals surface area contributed by atoms with Crippen molar-refractivity contribution in [3.05, 3.63) is 0 Å². The Balaban J connectivity index is 2.37. The average Bonchev–Trinajstić information content (AvgIpc) is 2.13. The molecule has 4 heteroatoms. The first-order valence-electron chi connectivity index (χ1n) is 3.00. The molecule has 0 aromatic rings. The zero-order valence-corrected chi connectivity index (χ0v) is 6.49. The van der Waals surface area contributed by atoms with Crippen molar-refractivity contribution < 1.29 is 4.21 Å². The quantitative estimate of drug-likeness (QED) is 0.591. The van der Waals surface area contributed by atoms with Gasteiger partial charge in [0.05, 0.1) is 0 Å². The third-order valence-corrected chi connectivity index (χ3v) is 2.24. The molecule has 1 aliphatic rings. The molecule has 1 fully saturated rings. The SMILES string of the molecule is CC1CC1NS(C)(=N)=O. The summed E-state index contributed by atoms with van der Waals surface area (Å²) >= 11 is 0. The van der Waals surface area contributed by atoms with Gasteiger partial charge in [-0.05, 0) is 12.3 Å². The van der Waals surface area contributed by atoms with Gasteiger partial charge in [-0.2, -0.15) is 0 Å². The number of nitrogens with one attached hydrogen (secondary N) is 2. The molecule has 54 valence electrons. The summed E-state index contributed by atoms with van der Waals surface area (Å²) in [6.45, 7) is 2.09. The number of hydrogen-bond donors (Lipinski definition) is 2. The van der Waals surface area contributed by atoms with Gasteiger partial charge in [0.1, 0.15) is 9.92 Å². The molecule has 3 nitrogen and oxygen atoms in total. The highest BCUT2D eigenvalue weighted by atomic mass is 32.2. The van der Waals surface area contributed by atoms with Crippen LogP contribution in [0, 0.1) is 10.7 Å². The van der Waals surface area contributed by atoms with Crippen LogP contribution in [0.15, 0.2) is 0 Å². The fraction of sp³-hybridized carbons (Fsp3) is 1.00. The van der Waals surface area contributed by atoms with Crippen molar-refractivity contribution in [2.45, 2.75) is 19.4 Å². The predicted molar refractivity (Wildman–Crippen MR) is 37.5 cm³/mol. The second-order valence-corrected chi connectivity index (χ2v) is 4.70. The first-order chi connectivity index (χ1) is 3.99. The number of hydrogen-bond acceptors (Lipinski definition) is 2. The lowest BCUT2D eigenvalue weighted by molar-refractivity contribution is 0.662. The van der Waals surface area contributed by atoms with Crippen molar-refractivity contribution in [3.8, 4) is 0 Å². The topological polar surface area (TPSA) is 53.0 Å². The maximum atomic E-state index is 10.7. The third kappa shape index (κ3) is 2.32. The van der Waals surface area contributed by atoms with Crippen LogP contribution in [0.2, 0.25) is 0 Å². The van der Waals surface area contributed by atoms with Crippen LogP contribution in [0.25, 0.3) is 0 Å². The summed E-state index contributed by atoms with van der Waals surface area (Å²) in [5.41, 5.74) is 0. The van der Waals surface area contributed by atoms with Gasteiger partial charge in [0.15, 0.2) is 0 Å². The zero-order chi connectivity index (χ0) is 7.07.